The maximum Gasteiger partial charge on any atom is 0.273 e. The van der Waals surface area contributed by atoms with Gasteiger partial charge in [0.1, 0.15) is 5.75 Å². The molecule has 1 aromatic carbocycles. The van der Waals surface area contributed by atoms with Crippen LogP contribution in [0.2, 0.25) is 0 Å². The Morgan fingerprint density at radius 2 is 1.92 bits per heavy atom. The summed E-state index contributed by atoms with van der Waals surface area (Å²) in [6.07, 6.45) is 0. The zero-order chi connectivity index (χ0) is 18.6. The fourth-order valence-electron chi connectivity index (χ4n) is 2.72. The summed E-state index contributed by atoms with van der Waals surface area (Å²) in [5.41, 5.74) is 0.274. The molecule has 1 aliphatic heterocycles. The lowest BCUT2D eigenvalue weighted by Gasteiger charge is -2.37. The first-order chi connectivity index (χ1) is 11.8. The monoisotopic (exact) mass is 350 g/mol. The Morgan fingerprint density at radius 1 is 1.28 bits per heavy atom. The Labute approximate surface area is 145 Å². The van der Waals surface area contributed by atoms with E-state index >= 15 is 0 Å². The molecule has 1 atom stereocenters. The average molecular weight is 350 g/mol. The summed E-state index contributed by atoms with van der Waals surface area (Å²) in [4.78, 5) is 37.9. The Morgan fingerprint density at radius 3 is 2.44 bits per heavy atom. The third-order valence-electron chi connectivity index (χ3n) is 4.34. The molecule has 1 aromatic rings. The normalized spacial score (nSPS) is 16.2. The van der Waals surface area contributed by atoms with Crippen LogP contribution in [0.5, 0.6) is 5.75 Å². The fourth-order valence-corrected chi connectivity index (χ4v) is 2.72. The first-order valence-electron chi connectivity index (χ1n) is 7.96. The SMILES string of the molecule is COc1cc([N+](=O)[O-])ccc1NC(=O)[C@@H](C)N1CCN(C(C)=O)CC1. The Hall–Kier alpha value is -2.68. The van der Waals surface area contributed by atoms with Gasteiger partial charge in [-0.15, -0.1) is 0 Å². The van der Waals surface area contributed by atoms with Crippen LogP contribution in [0.25, 0.3) is 0 Å². The number of nitrogens with zero attached hydrogens (tertiary/aromatic N) is 3. The van der Waals surface area contributed by atoms with Crippen molar-refractivity contribution in [2.75, 3.05) is 38.6 Å². The minimum atomic E-state index is -0.523. The van der Waals surface area contributed by atoms with E-state index < -0.39 is 11.0 Å². The molecule has 1 fully saturated rings. The van der Waals surface area contributed by atoms with E-state index in [2.05, 4.69) is 5.32 Å². The van der Waals surface area contributed by atoms with Crippen LogP contribution in [0.3, 0.4) is 0 Å². The van der Waals surface area contributed by atoms with Gasteiger partial charge in [0.25, 0.3) is 5.69 Å². The topological polar surface area (TPSA) is 105 Å². The Kier molecular flexibility index (Phi) is 5.92. The second kappa shape index (κ2) is 7.93. The van der Waals surface area contributed by atoms with E-state index in [-0.39, 0.29) is 23.3 Å². The number of carbonyl (C=O) groups excluding carboxylic acids is 2. The van der Waals surface area contributed by atoms with Crippen LogP contribution in [0.4, 0.5) is 11.4 Å². The highest BCUT2D eigenvalue weighted by Crippen LogP contribution is 2.29. The molecule has 2 amide bonds. The van der Waals surface area contributed by atoms with Crippen LogP contribution in [-0.2, 0) is 9.59 Å². The molecule has 1 aliphatic rings. The molecule has 25 heavy (non-hydrogen) atoms. The zero-order valence-corrected chi connectivity index (χ0v) is 14.5. The van der Waals surface area contributed by atoms with Gasteiger partial charge in [0.2, 0.25) is 11.8 Å². The second-order valence-electron chi connectivity index (χ2n) is 5.85. The molecular weight excluding hydrogens is 328 g/mol. The number of non-ortho nitro benzene ring substituents is 1. The Bertz CT molecular complexity index is 670. The maximum atomic E-state index is 12.5. The summed E-state index contributed by atoms with van der Waals surface area (Å²) in [7, 11) is 1.39. The van der Waals surface area contributed by atoms with Crippen LogP contribution >= 0.6 is 0 Å². The van der Waals surface area contributed by atoms with Crippen molar-refractivity contribution in [2.24, 2.45) is 0 Å². The van der Waals surface area contributed by atoms with Gasteiger partial charge in [0.05, 0.1) is 29.8 Å². The van der Waals surface area contributed by atoms with Crippen molar-refractivity contribution in [1.29, 1.82) is 0 Å². The number of nitro groups is 1. The van der Waals surface area contributed by atoms with E-state index in [1.165, 1.54) is 32.2 Å². The maximum absolute atomic E-state index is 12.5. The third-order valence-corrected chi connectivity index (χ3v) is 4.34. The van der Waals surface area contributed by atoms with Crippen molar-refractivity contribution in [3.05, 3.63) is 28.3 Å². The molecule has 9 heteroatoms. The number of benzene rings is 1. The predicted molar refractivity (Wildman–Crippen MR) is 91.6 cm³/mol. The van der Waals surface area contributed by atoms with E-state index in [1.54, 1.807) is 11.8 Å². The molecule has 0 saturated carbocycles. The van der Waals surface area contributed by atoms with Crippen molar-refractivity contribution < 1.29 is 19.2 Å². The van der Waals surface area contributed by atoms with Gasteiger partial charge in [0.15, 0.2) is 0 Å². The number of nitro benzene ring substituents is 1. The number of hydrogen-bond acceptors (Lipinski definition) is 6. The number of anilines is 1. The van der Waals surface area contributed by atoms with Crippen LogP contribution in [0, 0.1) is 10.1 Å². The molecule has 0 aliphatic carbocycles. The van der Waals surface area contributed by atoms with E-state index in [0.29, 0.717) is 31.9 Å². The average Bonchev–Trinajstić information content (AvgIpc) is 2.61. The smallest absolute Gasteiger partial charge is 0.273 e. The third kappa shape index (κ3) is 4.44. The molecule has 0 radical (unpaired) electrons. The first kappa shape index (κ1) is 18.7. The molecule has 0 aromatic heterocycles. The summed E-state index contributed by atoms with van der Waals surface area (Å²) >= 11 is 0. The van der Waals surface area contributed by atoms with E-state index in [4.69, 9.17) is 4.74 Å². The molecule has 136 valence electrons. The first-order valence-corrected chi connectivity index (χ1v) is 7.96. The van der Waals surface area contributed by atoms with E-state index in [9.17, 15) is 19.7 Å². The van der Waals surface area contributed by atoms with Gasteiger partial charge in [-0.25, -0.2) is 0 Å². The van der Waals surface area contributed by atoms with Gasteiger partial charge in [-0.2, -0.15) is 0 Å². The van der Waals surface area contributed by atoms with Gasteiger partial charge in [-0.1, -0.05) is 0 Å². The lowest BCUT2D eigenvalue weighted by molar-refractivity contribution is -0.384. The highest BCUT2D eigenvalue weighted by atomic mass is 16.6. The molecule has 0 bridgehead atoms. The van der Waals surface area contributed by atoms with Crippen molar-refractivity contribution >= 4 is 23.2 Å². The number of ether oxygens (including phenoxy) is 1. The number of piperazine rings is 1. The molecule has 0 spiro atoms. The van der Waals surface area contributed by atoms with Crippen LogP contribution < -0.4 is 10.1 Å². The number of carbonyl (C=O) groups is 2. The largest absolute Gasteiger partial charge is 0.494 e. The second-order valence-corrected chi connectivity index (χ2v) is 5.85. The molecule has 0 unspecified atom stereocenters. The molecule has 2 rings (SSSR count). The van der Waals surface area contributed by atoms with Gasteiger partial charge in [-0.05, 0) is 13.0 Å². The van der Waals surface area contributed by atoms with E-state index in [0.717, 1.165) is 0 Å². The predicted octanol–water partition coefficient (Wildman–Crippen LogP) is 1.09. The molecule has 1 N–H and O–H groups in total. The van der Waals surface area contributed by atoms with Gasteiger partial charge < -0.3 is 15.0 Å². The highest BCUT2D eigenvalue weighted by Gasteiger charge is 2.27. The molecular formula is C16H22N4O5. The molecule has 9 nitrogen and oxygen atoms in total. The molecule has 1 saturated heterocycles. The highest BCUT2D eigenvalue weighted by molar-refractivity contribution is 5.96. The summed E-state index contributed by atoms with van der Waals surface area (Å²) in [5.74, 6) is 0.0342. The summed E-state index contributed by atoms with van der Waals surface area (Å²) in [6.45, 7) is 5.74. The van der Waals surface area contributed by atoms with Gasteiger partial charge >= 0.3 is 0 Å². The van der Waals surface area contributed by atoms with Crippen LogP contribution in [0.1, 0.15) is 13.8 Å². The van der Waals surface area contributed by atoms with Crippen molar-refractivity contribution in [2.45, 2.75) is 19.9 Å². The fraction of sp³-hybridized carbons (Fsp3) is 0.500. The number of methoxy groups -OCH3 is 1. The Balaban J connectivity index is 2.02. The lowest BCUT2D eigenvalue weighted by Crippen LogP contribution is -2.53. The number of hydrogen-bond donors (Lipinski definition) is 1. The quantitative estimate of drug-likeness (QED) is 0.630. The zero-order valence-electron chi connectivity index (χ0n) is 14.5. The standard InChI is InChI=1S/C16H22N4O5/c1-11(18-6-8-19(9-7-18)12(2)21)16(22)17-14-5-4-13(20(23)24)10-15(14)25-3/h4-5,10-11H,6-9H2,1-3H3,(H,17,22)/t11-/m1/s1. The van der Waals surface area contributed by atoms with Crippen LogP contribution in [0.15, 0.2) is 18.2 Å². The number of amides is 2. The number of nitrogens with one attached hydrogen (secondary N) is 1. The minimum absolute atomic E-state index is 0.0346. The van der Waals surface area contributed by atoms with Crippen molar-refractivity contribution in [3.8, 4) is 5.75 Å². The van der Waals surface area contributed by atoms with Gasteiger partial charge in [-0.3, -0.25) is 24.6 Å². The summed E-state index contributed by atoms with van der Waals surface area (Å²) in [5, 5.41) is 13.6. The number of rotatable bonds is 5. The van der Waals surface area contributed by atoms with E-state index in [1.807, 2.05) is 4.90 Å². The molecule has 1 heterocycles. The van der Waals surface area contributed by atoms with Gasteiger partial charge in [0, 0.05) is 39.2 Å². The van der Waals surface area contributed by atoms with Crippen molar-refractivity contribution in [1.82, 2.24) is 9.80 Å². The summed E-state index contributed by atoms with van der Waals surface area (Å²) in [6, 6.07) is 3.64. The van der Waals surface area contributed by atoms with Crippen LogP contribution in [-0.4, -0.2) is 65.9 Å². The minimum Gasteiger partial charge on any atom is -0.494 e. The lowest BCUT2D eigenvalue weighted by atomic mass is 10.2. The van der Waals surface area contributed by atoms with Crippen molar-refractivity contribution in [3.63, 3.8) is 0 Å². The summed E-state index contributed by atoms with van der Waals surface area (Å²) < 4.78 is 5.13.